The second kappa shape index (κ2) is 4.28. The van der Waals surface area contributed by atoms with E-state index in [1.165, 1.54) is 20.5 Å². The molecule has 1 aromatic carbocycles. The first-order valence-electron chi connectivity index (χ1n) is 4.56. The van der Waals surface area contributed by atoms with Crippen molar-refractivity contribution in [2.45, 2.75) is 13.3 Å². The number of hydrogen-bond donors (Lipinski definition) is 0. The van der Waals surface area contributed by atoms with Gasteiger partial charge in [-0.25, -0.2) is 0 Å². The van der Waals surface area contributed by atoms with Gasteiger partial charge in [0.05, 0.1) is 0 Å². The highest BCUT2D eigenvalue weighted by atomic mass is 79.9. The van der Waals surface area contributed by atoms with Crippen molar-refractivity contribution in [3.63, 3.8) is 0 Å². The summed E-state index contributed by atoms with van der Waals surface area (Å²) in [5.74, 6) is 0. The molecule has 0 atom stereocenters. The second-order valence-electron chi connectivity index (χ2n) is 3.02. The number of rotatable bonds is 2. The van der Waals surface area contributed by atoms with E-state index in [0.29, 0.717) is 0 Å². The van der Waals surface area contributed by atoms with Crippen molar-refractivity contribution >= 4 is 27.3 Å². The van der Waals surface area contributed by atoms with Crippen LogP contribution in [0.4, 0.5) is 0 Å². The summed E-state index contributed by atoms with van der Waals surface area (Å²) in [6.45, 7) is 2.16. The van der Waals surface area contributed by atoms with Crippen LogP contribution in [0.5, 0.6) is 0 Å². The largest absolute Gasteiger partial charge is 0.144 e. The highest BCUT2D eigenvalue weighted by Crippen LogP contribution is 2.33. The van der Waals surface area contributed by atoms with Crippen LogP contribution >= 0.6 is 27.3 Å². The molecule has 0 fully saturated rings. The highest BCUT2D eigenvalue weighted by molar-refractivity contribution is 9.10. The van der Waals surface area contributed by atoms with E-state index in [1.54, 1.807) is 11.3 Å². The van der Waals surface area contributed by atoms with Gasteiger partial charge in [0.1, 0.15) is 0 Å². The van der Waals surface area contributed by atoms with Gasteiger partial charge in [0.2, 0.25) is 0 Å². The van der Waals surface area contributed by atoms with Gasteiger partial charge in [0.25, 0.3) is 0 Å². The van der Waals surface area contributed by atoms with Crippen molar-refractivity contribution in [3.05, 3.63) is 45.7 Å². The van der Waals surface area contributed by atoms with Gasteiger partial charge >= 0.3 is 0 Å². The zero-order valence-corrected chi connectivity index (χ0v) is 10.3. The van der Waals surface area contributed by atoms with Gasteiger partial charge in [0, 0.05) is 14.9 Å². The van der Waals surface area contributed by atoms with Gasteiger partial charge in [-0.3, -0.25) is 0 Å². The summed E-state index contributed by atoms with van der Waals surface area (Å²) >= 11 is 5.39. The van der Waals surface area contributed by atoms with Crippen molar-refractivity contribution < 1.29 is 0 Å². The van der Waals surface area contributed by atoms with Crippen LogP contribution in [0.25, 0.3) is 10.4 Å². The monoisotopic (exact) mass is 265 g/mol. The number of thiophene rings is 1. The van der Waals surface area contributed by atoms with Crippen LogP contribution in [0.2, 0.25) is 0 Å². The number of benzene rings is 1. The van der Waals surface area contributed by atoms with E-state index in [9.17, 15) is 0 Å². The average Bonchev–Trinajstić information content (AvgIpc) is 2.71. The van der Waals surface area contributed by atoms with E-state index in [-0.39, 0.29) is 0 Å². The molecule has 0 aliphatic carbocycles. The number of hydrogen-bond acceptors (Lipinski definition) is 1. The maximum absolute atomic E-state index is 3.64. The molecule has 0 spiro atoms. The van der Waals surface area contributed by atoms with Crippen molar-refractivity contribution in [2.75, 3.05) is 0 Å². The predicted octanol–water partition coefficient (Wildman–Crippen LogP) is 4.54. The molecule has 0 saturated heterocycles. The predicted molar refractivity (Wildman–Crippen MR) is 65.7 cm³/mol. The highest BCUT2D eigenvalue weighted by Gasteiger charge is 2.06. The molecule has 0 nitrogen and oxygen atoms in total. The SMILES string of the molecule is CCc1cc[c]c(-c2cccs2)c1Br. The van der Waals surface area contributed by atoms with Crippen LogP contribution < -0.4 is 0 Å². The van der Waals surface area contributed by atoms with E-state index in [0.717, 1.165) is 6.42 Å². The minimum atomic E-state index is 1.05. The third-order valence-corrected chi connectivity index (χ3v) is 3.96. The molecule has 14 heavy (non-hydrogen) atoms. The molecular weight excluding hydrogens is 256 g/mol. The Bertz CT molecular complexity index is 418. The Hall–Kier alpha value is -0.600. The van der Waals surface area contributed by atoms with Crippen molar-refractivity contribution in [1.82, 2.24) is 0 Å². The lowest BCUT2D eigenvalue weighted by Gasteiger charge is -2.05. The second-order valence-corrected chi connectivity index (χ2v) is 4.76. The quantitative estimate of drug-likeness (QED) is 0.748. The molecule has 0 bridgehead atoms. The van der Waals surface area contributed by atoms with Crippen LogP contribution in [0, 0.1) is 6.07 Å². The van der Waals surface area contributed by atoms with E-state index in [2.05, 4.69) is 52.5 Å². The first-order valence-corrected chi connectivity index (χ1v) is 6.23. The lowest BCUT2D eigenvalue weighted by atomic mass is 10.1. The number of aryl methyl sites for hydroxylation is 1. The molecule has 2 aromatic rings. The van der Waals surface area contributed by atoms with Crippen LogP contribution in [0.15, 0.2) is 34.1 Å². The van der Waals surface area contributed by atoms with Crippen LogP contribution in [0.1, 0.15) is 12.5 Å². The third kappa shape index (κ3) is 1.77. The molecule has 0 saturated carbocycles. The zero-order chi connectivity index (χ0) is 9.97. The molecule has 1 heterocycles. The summed E-state index contributed by atoms with van der Waals surface area (Å²) in [5, 5.41) is 2.09. The van der Waals surface area contributed by atoms with Gasteiger partial charge in [-0.15, -0.1) is 11.3 Å². The maximum atomic E-state index is 3.64. The molecular formula is C12H10BrS. The molecule has 71 valence electrons. The van der Waals surface area contributed by atoms with Gasteiger partial charge in [-0.2, -0.15) is 0 Å². The van der Waals surface area contributed by atoms with Gasteiger partial charge in [-0.1, -0.05) is 25.1 Å². The lowest BCUT2D eigenvalue weighted by Crippen LogP contribution is -1.85. The van der Waals surface area contributed by atoms with E-state index in [1.807, 2.05) is 6.07 Å². The third-order valence-electron chi connectivity index (χ3n) is 2.16. The fraction of sp³-hybridized carbons (Fsp3) is 0.167. The fourth-order valence-corrected chi connectivity index (χ4v) is 3.01. The van der Waals surface area contributed by atoms with Crippen LogP contribution in [-0.4, -0.2) is 0 Å². The summed E-state index contributed by atoms with van der Waals surface area (Å²) < 4.78 is 1.19. The van der Waals surface area contributed by atoms with Gasteiger partial charge < -0.3 is 0 Å². The minimum absolute atomic E-state index is 1.05. The molecule has 0 aliphatic heterocycles. The summed E-state index contributed by atoms with van der Waals surface area (Å²) in [4.78, 5) is 1.27. The average molecular weight is 266 g/mol. The van der Waals surface area contributed by atoms with Gasteiger partial charge in [0.15, 0.2) is 0 Å². The molecule has 1 radical (unpaired) electrons. The Morgan fingerprint density at radius 2 is 2.29 bits per heavy atom. The van der Waals surface area contributed by atoms with Crippen molar-refractivity contribution in [1.29, 1.82) is 0 Å². The molecule has 1 aromatic heterocycles. The zero-order valence-electron chi connectivity index (χ0n) is 7.88. The summed E-state index contributed by atoms with van der Waals surface area (Å²) in [6.07, 6.45) is 1.05. The Morgan fingerprint density at radius 3 is 2.93 bits per heavy atom. The van der Waals surface area contributed by atoms with Gasteiger partial charge in [-0.05, 0) is 45.4 Å². The minimum Gasteiger partial charge on any atom is -0.144 e. The summed E-state index contributed by atoms with van der Waals surface area (Å²) in [6, 6.07) is 11.6. The van der Waals surface area contributed by atoms with Crippen molar-refractivity contribution in [3.8, 4) is 10.4 Å². The Labute approximate surface area is 96.7 Å². The van der Waals surface area contributed by atoms with Crippen molar-refractivity contribution in [2.24, 2.45) is 0 Å². The Balaban J connectivity index is 2.54. The first-order chi connectivity index (χ1) is 6.83. The number of halogens is 1. The molecule has 0 amide bonds. The van der Waals surface area contributed by atoms with E-state index in [4.69, 9.17) is 0 Å². The normalized spacial score (nSPS) is 10.4. The van der Waals surface area contributed by atoms with E-state index >= 15 is 0 Å². The maximum Gasteiger partial charge on any atom is 0.0360 e. The lowest BCUT2D eigenvalue weighted by molar-refractivity contribution is 1.13. The van der Waals surface area contributed by atoms with Crippen LogP contribution in [0.3, 0.4) is 0 Å². The topological polar surface area (TPSA) is 0 Å². The summed E-state index contributed by atoms with van der Waals surface area (Å²) in [5.41, 5.74) is 2.52. The molecule has 2 heteroatoms. The Morgan fingerprint density at radius 1 is 1.43 bits per heavy atom. The Kier molecular flexibility index (Phi) is 3.04. The molecule has 0 aliphatic rings. The standard InChI is InChI=1S/C12H10BrS/c1-2-9-5-3-6-10(12(9)13)11-7-4-8-14-11/h3-5,7-8H,2H2,1H3. The fourth-order valence-electron chi connectivity index (χ4n) is 1.40. The van der Waals surface area contributed by atoms with E-state index < -0.39 is 0 Å². The molecule has 0 N–H and O–H groups in total. The molecule has 2 rings (SSSR count). The van der Waals surface area contributed by atoms with Crippen LogP contribution in [-0.2, 0) is 6.42 Å². The molecule has 0 unspecified atom stereocenters. The summed E-state index contributed by atoms with van der Waals surface area (Å²) in [7, 11) is 0. The first kappa shape index (κ1) is 9.94. The smallest absolute Gasteiger partial charge is 0.0360 e.